The van der Waals surface area contributed by atoms with Gasteiger partial charge in [-0.15, -0.1) is 35.3 Å². The summed E-state index contributed by atoms with van der Waals surface area (Å²) < 4.78 is 5.10. The number of thiazole rings is 1. The zero-order valence-electron chi connectivity index (χ0n) is 18.0. The number of aromatic nitrogens is 1. The van der Waals surface area contributed by atoms with Crippen LogP contribution >= 0.6 is 35.3 Å². The number of aliphatic imine (C=N–C) groups is 1. The first-order valence-electron chi connectivity index (χ1n) is 10.0. The molecule has 1 atom stereocenters. The van der Waals surface area contributed by atoms with Crippen LogP contribution in [0.5, 0.6) is 0 Å². The summed E-state index contributed by atoms with van der Waals surface area (Å²) >= 11 is 1.36. The Bertz CT molecular complexity index is 798. The van der Waals surface area contributed by atoms with E-state index in [1.165, 1.54) is 11.3 Å². The Balaban J connectivity index is 0.00000450. The number of hydrogen-bond donors (Lipinski definition) is 3. The molecule has 0 bridgehead atoms. The molecule has 0 saturated carbocycles. The number of ether oxygens (including phenoxy) is 1. The molecule has 1 heterocycles. The Hall–Kier alpha value is -1.88. The topological polar surface area (TPSA) is 87.6 Å². The van der Waals surface area contributed by atoms with E-state index in [0.717, 1.165) is 36.2 Å². The Morgan fingerprint density at radius 3 is 2.67 bits per heavy atom. The molecule has 0 aliphatic carbocycles. The van der Waals surface area contributed by atoms with Gasteiger partial charge in [-0.1, -0.05) is 18.2 Å². The first kappa shape index (κ1) is 26.2. The number of benzene rings is 1. The van der Waals surface area contributed by atoms with Gasteiger partial charge < -0.3 is 20.7 Å². The highest BCUT2D eigenvalue weighted by atomic mass is 127. The molecule has 1 aromatic heterocycles. The van der Waals surface area contributed by atoms with Crippen LogP contribution in [0.15, 0.2) is 35.3 Å². The maximum absolute atomic E-state index is 12.0. The van der Waals surface area contributed by atoms with Crippen molar-refractivity contribution in [1.29, 1.82) is 0 Å². The van der Waals surface area contributed by atoms with E-state index < -0.39 is 0 Å². The van der Waals surface area contributed by atoms with Gasteiger partial charge in [0.25, 0.3) is 0 Å². The summed E-state index contributed by atoms with van der Waals surface area (Å²) in [6, 6.07) is 10.1. The number of para-hydroxylation sites is 1. The maximum Gasteiger partial charge on any atom is 0.350 e. The summed E-state index contributed by atoms with van der Waals surface area (Å²) in [5, 5.41) is 10.8. The summed E-state index contributed by atoms with van der Waals surface area (Å²) in [5.74, 6) is 0.428. The van der Waals surface area contributed by atoms with Crippen LogP contribution in [0.2, 0.25) is 0 Å². The number of aryl methyl sites for hydroxylation is 1. The van der Waals surface area contributed by atoms with Crippen molar-refractivity contribution in [2.45, 2.75) is 40.2 Å². The van der Waals surface area contributed by atoms with Crippen LogP contribution in [-0.2, 0) is 4.74 Å². The van der Waals surface area contributed by atoms with Crippen LogP contribution in [0.4, 0.5) is 5.69 Å². The lowest BCUT2D eigenvalue weighted by Crippen LogP contribution is -2.38. The van der Waals surface area contributed by atoms with Crippen LogP contribution in [0, 0.1) is 6.92 Å². The first-order chi connectivity index (χ1) is 14.0. The van der Waals surface area contributed by atoms with Gasteiger partial charge in [0.1, 0.15) is 9.88 Å². The molecule has 166 valence electrons. The summed E-state index contributed by atoms with van der Waals surface area (Å²) in [5.41, 5.74) is 1.82. The molecule has 0 radical (unpaired) electrons. The van der Waals surface area contributed by atoms with Crippen LogP contribution in [0.25, 0.3) is 0 Å². The van der Waals surface area contributed by atoms with Gasteiger partial charge in [-0.25, -0.2) is 9.78 Å². The molecule has 1 aromatic carbocycles. The van der Waals surface area contributed by atoms with Crippen molar-refractivity contribution < 1.29 is 9.53 Å². The van der Waals surface area contributed by atoms with Crippen molar-refractivity contribution in [3.8, 4) is 0 Å². The molecule has 0 aliphatic rings. The minimum absolute atomic E-state index is 0. The highest BCUT2D eigenvalue weighted by Gasteiger charge is 2.20. The zero-order chi connectivity index (χ0) is 21.1. The first-order valence-corrected chi connectivity index (χ1v) is 10.8. The van der Waals surface area contributed by atoms with E-state index in [0.29, 0.717) is 23.7 Å². The van der Waals surface area contributed by atoms with E-state index in [1.54, 1.807) is 6.92 Å². The van der Waals surface area contributed by atoms with Crippen molar-refractivity contribution in [1.82, 2.24) is 15.6 Å². The molecule has 0 amide bonds. The molecular formula is C21H32IN5O2S. The molecule has 9 heteroatoms. The highest BCUT2D eigenvalue weighted by molar-refractivity contribution is 14.0. The summed E-state index contributed by atoms with van der Waals surface area (Å²) in [4.78, 5) is 21.8. The Labute approximate surface area is 200 Å². The van der Waals surface area contributed by atoms with Gasteiger partial charge in [0.05, 0.1) is 18.3 Å². The predicted molar refractivity (Wildman–Crippen MR) is 135 cm³/mol. The number of esters is 1. The zero-order valence-corrected chi connectivity index (χ0v) is 21.2. The van der Waals surface area contributed by atoms with Gasteiger partial charge in [-0.05, 0) is 46.2 Å². The third kappa shape index (κ3) is 8.47. The number of guanidine groups is 1. The Morgan fingerprint density at radius 2 is 2.00 bits per heavy atom. The number of hydrogen-bond acceptors (Lipinski definition) is 6. The molecule has 0 saturated heterocycles. The monoisotopic (exact) mass is 545 g/mol. The van der Waals surface area contributed by atoms with Crippen molar-refractivity contribution in [2.75, 3.05) is 31.6 Å². The van der Waals surface area contributed by atoms with E-state index in [2.05, 4.69) is 38.1 Å². The van der Waals surface area contributed by atoms with Crippen molar-refractivity contribution >= 4 is 52.9 Å². The summed E-state index contributed by atoms with van der Waals surface area (Å²) in [6.45, 7) is 10.4. The lowest BCUT2D eigenvalue weighted by molar-refractivity contribution is 0.0531. The molecule has 0 spiro atoms. The fourth-order valence-electron chi connectivity index (χ4n) is 2.63. The fraction of sp³-hybridized carbons (Fsp3) is 0.476. The third-order valence-corrected chi connectivity index (χ3v) is 5.37. The number of nitrogens with zero attached hydrogens (tertiary/aromatic N) is 2. The van der Waals surface area contributed by atoms with Crippen molar-refractivity contribution in [3.63, 3.8) is 0 Å². The Kier molecular flexibility index (Phi) is 12.4. The molecule has 3 N–H and O–H groups in total. The number of anilines is 1. The number of nitrogens with one attached hydrogen (secondary N) is 3. The van der Waals surface area contributed by atoms with E-state index in [1.807, 2.05) is 39.0 Å². The molecule has 7 nitrogen and oxygen atoms in total. The van der Waals surface area contributed by atoms with Crippen LogP contribution in [0.1, 0.15) is 53.6 Å². The lowest BCUT2D eigenvalue weighted by Gasteiger charge is -2.16. The highest BCUT2D eigenvalue weighted by Crippen LogP contribution is 2.24. The minimum Gasteiger partial charge on any atom is -0.462 e. The number of halogens is 1. The largest absolute Gasteiger partial charge is 0.462 e. The molecule has 1 unspecified atom stereocenters. The summed E-state index contributed by atoms with van der Waals surface area (Å²) in [6.07, 6.45) is 0.920. The fourth-order valence-corrected chi connectivity index (χ4v) is 3.60. The second-order valence-electron chi connectivity index (χ2n) is 6.46. The van der Waals surface area contributed by atoms with Crippen molar-refractivity contribution in [2.24, 2.45) is 4.99 Å². The average molecular weight is 545 g/mol. The normalized spacial score (nSPS) is 11.9. The van der Waals surface area contributed by atoms with Gasteiger partial charge >= 0.3 is 5.97 Å². The molecular weight excluding hydrogens is 513 g/mol. The van der Waals surface area contributed by atoms with Gasteiger partial charge in [0, 0.05) is 25.3 Å². The average Bonchev–Trinajstić information content (AvgIpc) is 3.11. The lowest BCUT2D eigenvalue weighted by atomic mass is 10.3. The van der Waals surface area contributed by atoms with Gasteiger partial charge in [-0.2, -0.15) is 0 Å². The van der Waals surface area contributed by atoms with Crippen LogP contribution in [-0.4, -0.2) is 43.2 Å². The minimum atomic E-state index is -0.313. The van der Waals surface area contributed by atoms with Gasteiger partial charge in [0.15, 0.2) is 5.96 Å². The second kappa shape index (κ2) is 14.2. The maximum atomic E-state index is 12.0. The standard InChI is InChI=1S/C21H31N5O2S.HI/c1-5-22-21(24-14-10-13-23-17-11-8-7-9-12-17)26-16(4)19-25-15(3)18(29-19)20(27)28-6-2;/h7-9,11-12,16,23H,5-6,10,13-14H2,1-4H3,(H2,22,24,26);1H. The van der Waals surface area contributed by atoms with E-state index in [4.69, 9.17) is 4.74 Å². The van der Waals surface area contributed by atoms with Gasteiger partial charge in [0.2, 0.25) is 0 Å². The van der Waals surface area contributed by atoms with Crippen molar-refractivity contribution in [3.05, 3.63) is 45.9 Å². The van der Waals surface area contributed by atoms with Crippen LogP contribution < -0.4 is 16.0 Å². The van der Waals surface area contributed by atoms with Gasteiger partial charge in [-0.3, -0.25) is 4.99 Å². The molecule has 0 fully saturated rings. The second-order valence-corrected chi connectivity index (χ2v) is 7.49. The smallest absolute Gasteiger partial charge is 0.350 e. The molecule has 0 aliphatic heterocycles. The SMILES string of the molecule is CCNC(=NCCCNc1ccccc1)NC(C)c1nc(C)c(C(=O)OCC)s1.I. The molecule has 2 aromatic rings. The number of carbonyl (C=O) groups is 1. The quantitative estimate of drug-likeness (QED) is 0.135. The van der Waals surface area contributed by atoms with E-state index in [-0.39, 0.29) is 36.0 Å². The van der Waals surface area contributed by atoms with E-state index in [9.17, 15) is 4.79 Å². The van der Waals surface area contributed by atoms with Crippen LogP contribution in [0.3, 0.4) is 0 Å². The third-order valence-electron chi connectivity index (χ3n) is 4.05. The predicted octanol–water partition coefficient (Wildman–Crippen LogP) is 4.36. The number of carbonyl (C=O) groups excluding carboxylic acids is 1. The molecule has 2 rings (SSSR count). The number of rotatable bonds is 10. The Morgan fingerprint density at radius 1 is 1.27 bits per heavy atom. The summed E-state index contributed by atoms with van der Waals surface area (Å²) in [7, 11) is 0. The molecule has 30 heavy (non-hydrogen) atoms. The van der Waals surface area contributed by atoms with E-state index >= 15 is 0 Å².